The van der Waals surface area contributed by atoms with Gasteiger partial charge < -0.3 is 15.4 Å². The molecule has 150 valence electrons. The fraction of sp³-hybridized carbons (Fsp3) is 0.250. The van der Waals surface area contributed by atoms with Gasteiger partial charge >= 0.3 is 0 Å². The highest BCUT2D eigenvalue weighted by atomic mass is 16.5. The van der Waals surface area contributed by atoms with Gasteiger partial charge in [-0.1, -0.05) is 24.3 Å². The van der Waals surface area contributed by atoms with Gasteiger partial charge in [-0.05, 0) is 50.1 Å². The van der Waals surface area contributed by atoms with Crippen LogP contribution in [0.1, 0.15) is 45.7 Å². The first kappa shape index (κ1) is 20.4. The zero-order valence-electron chi connectivity index (χ0n) is 17.0. The number of ether oxygens (including phenoxy) is 1. The van der Waals surface area contributed by atoms with Crippen molar-refractivity contribution in [1.29, 1.82) is 0 Å². The van der Waals surface area contributed by atoms with Crippen LogP contribution in [0.4, 0.5) is 0 Å². The maximum absolute atomic E-state index is 12.9. The average molecular weight is 390 g/mol. The summed E-state index contributed by atoms with van der Waals surface area (Å²) in [7, 11) is 1.63. The van der Waals surface area contributed by atoms with Gasteiger partial charge in [0.15, 0.2) is 5.78 Å². The van der Waals surface area contributed by atoms with E-state index in [2.05, 4.69) is 31.1 Å². The zero-order chi connectivity index (χ0) is 21.0. The molecule has 0 saturated carbocycles. The van der Waals surface area contributed by atoms with Gasteiger partial charge in [0.1, 0.15) is 5.75 Å². The van der Waals surface area contributed by atoms with Gasteiger partial charge in [0.2, 0.25) is 0 Å². The topological polar surface area (TPSA) is 67.4 Å². The minimum absolute atomic E-state index is 0.128. The molecule has 1 amide bonds. The molecule has 29 heavy (non-hydrogen) atoms. The van der Waals surface area contributed by atoms with Crippen molar-refractivity contribution < 1.29 is 14.3 Å². The molecule has 1 heterocycles. The van der Waals surface area contributed by atoms with Crippen molar-refractivity contribution in [2.75, 3.05) is 13.7 Å². The summed E-state index contributed by atoms with van der Waals surface area (Å²) in [5.74, 6) is 0.425. The lowest BCUT2D eigenvalue weighted by atomic mass is 9.85. The third-order valence-electron chi connectivity index (χ3n) is 4.83. The number of methoxy groups -OCH3 is 1. The van der Waals surface area contributed by atoms with E-state index in [0.717, 1.165) is 23.4 Å². The van der Waals surface area contributed by atoms with Gasteiger partial charge in [-0.25, -0.2) is 0 Å². The summed E-state index contributed by atoms with van der Waals surface area (Å²) in [5, 5.41) is 6.18. The fourth-order valence-electron chi connectivity index (χ4n) is 3.42. The molecular formula is C24H26N2O3. The van der Waals surface area contributed by atoms with Crippen LogP contribution in [0.3, 0.4) is 0 Å². The molecule has 0 spiro atoms. The summed E-state index contributed by atoms with van der Waals surface area (Å²) < 4.78 is 5.35. The van der Waals surface area contributed by atoms with E-state index in [4.69, 9.17) is 4.74 Å². The number of hydrogen-bond acceptors (Lipinski definition) is 4. The molecule has 0 atom stereocenters. The number of carbonyl (C=O) groups excluding carboxylic acids is 2. The molecule has 5 nitrogen and oxygen atoms in total. The predicted molar refractivity (Wildman–Crippen MR) is 115 cm³/mol. The second-order valence-electron chi connectivity index (χ2n) is 7.71. The molecule has 2 aromatic rings. The van der Waals surface area contributed by atoms with E-state index >= 15 is 0 Å². The Labute approximate surface area is 171 Å². The molecule has 0 unspecified atom stereocenters. The maximum Gasteiger partial charge on any atom is 0.251 e. The lowest BCUT2D eigenvalue weighted by molar-refractivity contribution is 0.0956. The summed E-state index contributed by atoms with van der Waals surface area (Å²) in [4.78, 5) is 24.9. The summed E-state index contributed by atoms with van der Waals surface area (Å²) in [6.45, 7) is 8.19. The molecular weight excluding hydrogens is 364 g/mol. The second-order valence-corrected chi connectivity index (χ2v) is 7.71. The number of benzene rings is 2. The van der Waals surface area contributed by atoms with E-state index < -0.39 is 0 Å². The molecule has 3 rings (SSSR count). The van der Waals surface area contributed by atoms with Gasteiger partial charge in [0, 0.05) is 40.5 Å². The minimum atomic E-state index is -0.195. The SMILES string of the molecule is C=CCNC(=O)c1ccc(C(=O)C=C2NC(C)(C)Cc3ccc(OC)cc32)cc1. The Balaban J connectivity index is 1.88. The highest BCUT2D eigenvalue weighted by Crippen LogP contribution is 2.32. The quantitative estimate of drug-likeness (QED) is 0.448. The Morgan fingerprint density at radius 3 is 2.52 bits per heavy atom. The number of allylic oxidation sites excluding steroid dienone is 1. The molecule has 0 aromatic heterocycles. The molecule has 0 saturated heterocycles. The molecule has 0 radical (unpaired) electrons. The van der Waals surface area contributed by atoms with Crippen molar-refractivity contribution in [2.24, 2.45) is 0 Å². The number of ketones is 1. The van der Waals surface area contributed by atoms with E-state index in [1.54, 1.807) is 43.5 Å². The zero-order valence-corrected chi connectivity index (χ0v) is 17.0. The van der Waals surface area contributed by atoms with Crippen molar-refractivity contribution in [3.8, 4) is 5.75 Å². The van der Waals surface area contributed by atoms with Crippen molar-refractivity contribution >= 4 is 17.4 Å². The van der Waals surface area contributed by atoms with Crippen molar-refractivity contribution in [3.05, 3.63) is 83.4 Å². The third kappa shape index (κ3) is 4.74. The van der Waals surface area contributed by atoms with Crippen molar-refractivity contribution in [2.45, 2.75) is 25.8 Å². The monoisotopic (exact) mass is 390 g/mol. The number of amides is 1. The van der Waals surface area contributed by atoms with Crippen molar-refractivity contribution in [3.63, 3.8) is 0 Å². The van der Waals surface area contributed by atoms with Crippen LogP contribution >= 0.6 is 0 Å². The van der Waals surface area contributed by atoms with Crippen LogP contribution in [-0.2, 0) is 6.42 Å². The van der Waals surface area contributed by atoms with Crippen molar-refractivity contribution in [1.82, 2.24) is 10.6 Å². The predicted octanol–water partition coefficient (Wildman–Crippen LogP) is 3.76. The van der Waals surface area contributed by atoms with Gasteiger partial charge in [0.25, 0.3) is 5.91 Å². The summed E-state index contributed by atoms with van der Waals surface area (Å²) >= 11 is 0. The van der Waals surface area contributed by atoms with Crippen LogP contribution in [0.25, 0.3) is 5.70 Å². The molecule has 0 aliphatic carbocycles. The average Bonchev–Trinajstić information content (AvgIpc) is 2.71. The molecule has 1 aliphatic rings. The first-order chi connectivity index (χ1) is 13.8. The largest absolute Gasteiger partial charge is 0.497 e. The Kier molecular flexibility index (Phi) is 5.87. The highest BCUT2D eigenvalue weighted by Gasteiger charge is 2.28. The van der Waals surface area contributed by atoms with E-state index in [0.29, 0.717) is 17.7 Å². The number of rotatable bonds is 6. The van der Waals surface area contributed by atoms with Crippen LogP contribution in [0.15, 0.2) is 61.2 Å². The summed E-state index contributed by atoms with van der Waals surface area (Å²) in [6, 6.07) is 12.6. The van der Waals surface area contributed by atoms with Crippen LogP contribution in [0, 0.1) is 0 Å². The fourth-order valence-corrected chi connectivity index (χ4v) is 3.42. The normalized spacial score (nSPS) is 15.8. The number of fused-ring (bicyclic) bond motifs is 1. The Morgan fingerprint density at radius 1 is 1.17 bits per heavy atom. The number of hydrogen-bond donors (Lipinski definition) is 2. The van der Waals surface area contributed by atoms with Gasteiger partial charge in [0.05, 0.1) is 7.11 Å². The Hall–Kier alpha value is -3.34. The summed E-state index contributed by atoms with van der Waals surface area (Å²) in [6.07, 6.45) is 4.09. The first-order valence-electron chi connectivity index (χ1n) is 9.53. The molecule has 5 heteroatoms. The molecule has 2 aromatic carbocycles. The lowest BCUT2D eigenvalue weighted by Gasteiger charge is -2.35. The smallest absolute Gasteiger partial charge is 0.251 e. The Morgan fingerprint density at radius 2 is 1.86 bits per heavy atom. The van der Waals surface area contributed by atoms with E-state index in [1.165, 1.54) is 5.56 Å². The maximum atomic E-state index is 12.9. The number of carbonyl (C=O) groups is 2. The van der Waals surface area contributed by atoms with Gasteiger partial charge in [-0.2, -0.15) is 0 Å². The van der Waals surface area contributed by atoms with E-state index in [9.17, 15) is 9.59 Å². The molecule has 2 N–H and O–H groups in total. The van der Waals surface area contributed by atoms with E-state index in [-0.39, 0.29) is 17.2 Å². The van der Waals surface area contributed by atoms with Crippen LogP contribution in [0.2, 0.25) is 0 Å². The number of nitrogens with one attached hydrogen (secondary N) is 2. The van der Waals surface area contributed by atoms with Crippen LogP contribution in [-0.4, -0.2) is 30.9 Å². The van der Waals surface area contributed by atoms with Crippen LogP contribution < -0.4 is 15.4 Å². The van der Waals surface area contributed by atoms with E-state index in [1.807, 2.05) is 18.2 Å². The molecule has 0 fully saturated rings. The Bertz CT molecular complexity index is 972. The highest BCUT2D eigenvalue weighted by molar-refractivity contribution is 6.09. The van der Waals surface area contributed by atoms with Gasteiger partial charge in [-0.15, -0.1) is 6.58 Å². The first-order valence-corrected chi connectivity index (χ1v) is 9.53. The second kappa shape index (κ2) is 8.35. The standard InChI is InChI=1S/C24H26N2O3/c1-5-12-25-23(28)17-8-6-16(7-9-17)22(27)14-21-20-13-19(29-4)11-10-18(20)15-24(2,3)26-21/h5-11,13-14,26H,1,12,15H2,2-4H3,(H,25,28). The summed E-state index contributed by atoms with van der Waals surface area (Å²) in [5.41, 5.74) is 3.77. The van der Waals surface area contributed by atoms with Gasteiger partial charge in [-0.3, -0.25) is 9.59 Å². The lowest BCUT2D eigenvalue weighted by Crippen LogP contribution is -2.43. The molecule has 0 bridgehead atoms. The molecule has 1 aliphatic heterocycles. The van der Waals surface area contributed by atoms with Crippen LogP contribution in [0.5, 0.6) is 5.75 Å². The minimum Gasteiger partial charge on any atom is -0.497 e. The third-order valence-corrected chi connectivity index (χ3v) is 4.83.